The fourth-order valence-electron chi connectivity index (χ4n) is 6.16. The maximum Gasteiger partial charge on any atom is 0.307 e. The third kappa shape index (κ3) is 12.7. The van der Waals surface area contributed by atoms with E-state index in [9.17, 15) is 40.8 Å². The van der Waals surface area contributed by atoms with Gasteiger partial charge in [0.1, 0.15) is 21.1 Å². The summed E-state index contributed by atoms with van der Waals surface area (Å²) in [6.45, 7) is 15.7. The number of hydrogen-bond acceptors (Lipinski definition) is 20. The van der Waals surface area contributed by atoms with Crippen LogP contribution in [0.1, 0.15) is 86.3 Å². The normalized spacial score (nSPS) is 20.0. The van der Waals surface area contributed by atoms with Crippen LogP contribution in [-0.2, 0) is 58.0 Å². The second-order valence-electron chi connectivity index (χ2n) is 15.4. The number of carbonyl (C=O) groups excluding carboxylic acids is 5. The van der Waals surface area contributed by atoms with Crippen LogP contribution in [0.2, 0.25) is 0 Å². The molecule has 0 radical (unpaired) electrons. The van der Waals surface area contributed by atoms with Gasteiger partial charge in [0.2, 0.25) is 11.7 Å². The first-order valence-electron chi connectivity index (χ1n) is 19.2. The smallest absolute Gasteiger partial charge is 0.307 e. The molecular formula is C36H54N6O13S4. The first-order chi connectivity index (χ1) is 27.5. The topological polar surface area (TPSA) is 256 Å². The predicted molar refractivity (Wildman–Crippen MR) is 217 cm³/mol. The summed E-state index contributed by atoms with van der Waals surface area (Å²) >= 11 is 1.51. The van der Waals surface area contributed by atoms with Gasteiger partial charge in [0.15, 0.2) is 27.5 Å². The van der Waals surface area contributed by atoms with Gasteiger partial charge in [-0.05, 0) is 67.5 Å². The van der Waals surface area contributed by atoms with E-state index < -0.39 is 102 Å². The monoisotopic (exact) mass is 906 g/mol. The zero-order valence-electron chi connectivity index (χ0n) is 34.4. The number of sulfonamides is 1. The van der Waals surface area contributed by atoms with Crippen LogP contribution in [-0.4, -0.2) is 124 Å². The van der Waals surface area contributed by atoms with Crippen LogP contribution in [0.3, 0.4) is 0 Å². The van der Waals surface area contributed by atoms with Gasteiger partial charge in [-0.15, -0.1) is 15.7 Å². The summed E-state index contributed by atoms with van der Waals surface area (Å²) in [6, 6.07) is 0.796. The first kappa shape index (κ1) is 48.1. The molecule has 6 atom stereocenters. The Morgan fingerprint density at radius 3 is 2.27 bits per heavy atom. The van der Waals surface area contributed by atoms with Crippen molar-refractivity contribution in [3.05, 3.63) is 11.6 Å². The van der Waals surface area contributed by atoms with Crippen molar-refractivity contribution in [1.29, 1.82) is 0 Å². The number of morpholine rings is 1. The minimum Gasteiger partial charge on any atom is -0.470 e. The lowest BCUT2D eigenvalue weighted by molar-refractivity contribution is -0.159. The quantitative estimate of drug-likeness (QED) is 0.127. The van der Waals surface area contributed by atoms with E-state index in [0.29, 0.717) is 55.9 Å². The Hall–Kier alpha value is -3.61. The summed E-state index contributed by atoms with van der Waals surface area (Å²) in [7, 11) is -8.41. The molecule has 0 bridgehead atoms. The SMILES string of the molecule is CCN[C@H]1C[C@H](C)S(=O)(=O)c2sc(S(=O)(=O)NC(=O)[C@H](C)C(=O)[C@H](C)C(=O)[C@H](C)OC(=O)CCC(=O)O[C@@H](CNC(C)(C)C)COc3nsnc3N3CCOCC3)cc21. The van der Waals surface area contributed by atoms with E-state index in [0.717, 1.165) is 18.7 Å². The van der Waals surface area contributed by atoms with Gasteiger partial charge in [-0.2, -0.15) is 4.37 Å². The molecule has 0 spiro atoms. The van der Waals surface area contributed by atoms with Crippen LogP contribution >= 0.6 is 23.1 Å². The molecule has 330 valence electrons. The van der Waals surface area contributed by atoms with Gasteiger partial charge in [-0.1, -0.05) is 6.92 Å². The van der Waals surface area contributed by atoms with Crippen LogP contribution < -0.4 is 25.0 Å². The molecule has 4 rings (SSSR count). The van der Waals surface area contributed by atoms with Crippen molar-refractivity contribution in [2.24, 2.45) is 11.8 Å². The van der Waals surface area contributed by atoms with Crippen LogP contribution in [0.5, 0.6) is 5.88 Å². The number of ketones is 2. The van der Waals surface area contributed by atoms with E-state index in [-0.39, 0.29) is 34.9 Å². The summed E-state index contributed by atoms with van der Waals surface area (Å²) in [5.41, 5.74) is -0.0276. The number of nitrogens with one attached hydrogen (secondary N) is 3. The maximum atomic E-state index is 13.2. The number of amides is 1. The standard InChI is InChI=1S/C36H54N6O13S4/c1-9-37-26-16-20(2)58(48,49)35-25(26)17-29(56-35)59(50,51)41-33(47)22(4)30(45)21(3)31(46)23(5)54-27(43)10-11-28(44)55-24(18-38-36(6,7)8)19-53-34-32(39-57-40-34)42-12-14-52-15-13-42/h17,20-24,26,37-38H,9-16,18-19H2,1-8H3,(H,41,47)/t20-,21-,22+,23-,24-,26-/m0/s1. The van der Waals surface area contributed by atoms with Crippen molar-refractivity contribution < 1.29 is 59.8 Å². The molecule has 0 unspecified atom stereocenters. The molecule has 2 aliphatic heterocycles. The van der Waals surface area contributed by atoms with Gasteiger partial charge in [-0.3, -0.25) is 24.0 Å². The molecule has 19 nitrogen and oxygen atoms in total. The van der Waals surface area contributed by atoms with Crippen LogP contribution in [0.4, 0.5) is 5.82 Å². The van der Waals surface area contributed by atoms with Crippen molar-refractivity contribution in [2.45, 2.75) is 112 Å². The Balaban J connectivity index is 1.28. The van der Waals surface area contributed by atoms with E-state index in [1.807, 2.05) is 37.3 Å². The molecule has 2 aliphatic rings. The van der Waals surface area contributed by atoms with E-state index in [2.05, 4.69) is 19.4 Å². The molecule has 4 heterocycles. The van der Waals surface area contributed by atoms with Crippen LogP contribution in [0.25, 0.3) is 0 Å². The lowest BCUT2D eigenvalue weighted by Crippen LogP contribution is -2.44. The highest BCUT2D eigenvalue weighted by molar-refractivity contribution is 7.95. The molecular weight excluding hydrogens is 853 g/mol. The molecule has 0 aliphatic carbocycles. The third-order valence-corrected chi connectivity index (χ3v) is 15.8. The Morgan fingerprint density at radius 2 is 1.64 bits per heavy atom. The average Bonchev–Trinajstić information content (AvgIpc) is 3.85. The number of anilines is 1. The average molecular weight is 907 g/mol. The molecule has 1 amide bonds. The fraction of sp³-hybridized carbons (Fsp3) is 0.694. The molecule has 23 heteroatoms. The molecule has 3 N–H and O–H groups in total. The second-order valence-corrected chi connectivity index (χ2v) is 21.5. The third-order valence-electron chi connectivity index (χ3n) is 9.62. The minimum absolute atomic E-state index is 0.0570. The number of fused-ring (bicyclic) bond motifs is 1. The first-order valence-corrected chi connectivity index (χ1v) is 23.8. The minimum atomic E-state index is -4.61. The lowest BCUT2D eigenvalue weighted by Gasteiger charge is -2.27. The Morgan fingerprint density at radius 1 is 1.00 bits per heavy atom. The van der Waals surface area contributed by atoms with Gasteiger partial charge in [0.05, 0.1) is 54.9 Å². The van der Waals surface area contributed by atoms with Crippen molar-refractivity contribution >= 4 is 78.2 Å². The number of rotatable bonds is 20. The highest BCUT2D eigenvalue weighted by atomic mass is 32.3. The van der Waals surface area contributed by atoms with Gasteiger partial charge < -0.3 is 34.5 Å². The van der Waals surface area contributed by atoms with E-state index >= 15 is 0 Å². The molecule has 0 saturated carbocycles. The number of aromatic nitrogens is 2. The number of nitrogens with zero attached hydrogens (tertiary/aromatic N) is 3. The molecule has 1 fully saturated rings. The largest absolute Gasteiger partial charge is 0.470 e. The number of thiophene rings is 1. The fourth-order valence-corrected chi connectivity index (χ4v) is 11.7. The zero-order valence-corrected chi connectivity index (χ0v) is 37.7. The number of ether oxygens (including phenoxy) is 4. The second kappa shape index (κ2) is 20.3. The maximum absolute atomic E-state index is 13.2. The molecule has 1 saturated heterocycles. The van der Waals surface area contributed by atoms with Crippen molar-refractivity contribution in [3.8, 4) is 5.88 Å². The number of esters is 2. The Kier molecular flexibility index (Phi) is 16.5. The number of sulfone groups is 1. The summed E-state index contributed by atoms with van der Waals surface area (Å²) in [6.07, 6.45) is -2.83. The summed E-state index contributed by atoms with van der Waals surface area (Å²) in [5, 5.41) is 5.66. The predicted octanol–water partition coefficient (Wildman–Crippen LogP) is 1.96. The van der Waals surface area contributed by atoms with Crippen LogP contribution in [0.15, 0.2) is 14.5 Å². The molecule has 59 heavy (non-hydrogen) atoms. The zero-order chi connectivity index (χ0) is 43.9. The van der Waals surface area contributed by atoms with Gasteiger partial charge in [0.25, 0.3) is 15.9 Å². The highest BCUT2D eigenvalue weighted by Gasteiger charge is 2.41. The lowest BCUT2D eigenvalue weighted by atomic mass is 9.90. The van der Waals surface area contributed by atoms with Crippen molar-refractivity contribution in [1.82, 2.24) is 24.1 Å². The van der Waals surface area contributed by atoms with Gasteiger partial charge >= 0.3 is 11.9 Å². The van der Waals surface area contributed by atoms with Crippen molar-refractivity contribution in [3.63, 3.8) is 0 Å². The number of hydrogen-bond donors (Lipinski definition) is 3. The van der Waals surface area contributed by atoms with Gasteiger partial charge in [-0.25, -0.2) is 21.6 Å². The van der Waals surface area contributed by atoms with Gasteiger partial charge in [0, 0.05) is 36.8 Å². The molecule has 2 aromatic rings. The van der Waals surface area contributed by atoms with E-state index in [4.69, 9.17) is 18.9 Å². The highest BCUT2D eigenvalue weighted by Crippen LogP contribution is 2.42. The van der Waals surface area contributed by atoms with E-state index in [1.54, 1.807) is 6.92 Å². The Bertz CT molecular complexity index is 2060. The summed E-state index contributed by atoms with van der Waals surface area (Å²) < 4.78 is 84.5. The molecule has 0 aromatic carbocycles. The number of carbonyl (C=O) groups is 5. The van der Waals surface area contributed by atoms with Crippen LogP contribution in [0, 0.1) is 11.8 Å². The molecule has 2 aromatic heterocycles. The van der Waals surface area contributed by atoms with E-state index in [1.165, 1.54) is 19.9 Å². The number of Topliss-reactive ketones (excluding diaryl/α,β-unsaturated/α-hetero) is 2. The van der Waals surface area contributed by atoms with Crippen molar-refractivity contribution in [2.75, 3.05) is 50.9 Å². The summed E-state index contributed by atoms with van der Waals surface area (Å²) in [4.78, 5) is 66.9. The summed E-state index contributed by atoms with van der Waals surface area (Å²) in [5.74, 6) is -6.92. The Labute approximate surface area is 352 Å².